The number of anilines is 1. The van der Waals surface area contributed by atoms with Crippen LogP contribution in [0, 0.1) is 0 Å². The molecule has 21 heteroatoms. The molecule has 0 amide bonds. The molecule has 0 saturated carbocycles. The van der Waals surface area contributed by atoms with Crippen molar-refractivity contribution in [3.8, 4) is 0 Å². The molecule has 400 valence electrons. The standard InChI is InChI=1S/C50H79N3O16P2/c1-3-5-6-7-8-9-10-11-12-16-19-22-25-28-31-34-45(55)64-38-42(67-46(56)35-32-29-26-23-20-17-14-13-15-18-21-24-27-30-33-41(54)4-2)39-65-70(60,61)69-71(62,63)66-40-43-47(57)48(58)49(68-43)53-37-36-44(51)52-50(53)59/h8-9,11-12,14-15,17-18,23-24,26-27,30,33,36-37,41-43,47-49,54,57-58H,3-7,10,13,16,19-22,25,28-29,31-32,34-35,38-40H2,1-2H3,(H,60,61)(H,62,63)(H2,51,52,59)/b9-8-,12-11-,17-14-,18-15-,26-23-,27-24-,33-30+/t41-,42-,43-,47-,48-,49-/m1/s1. The van der Waals surface area contributed by atoms with E-state index in [1.165, 1.54) is 25.3 Å². The van der Waals surface area contributed by atoms with Gasteiger partial charge in [0.2, 0.25) is 0 Å². The van der Waals surface area contributed by atoms with Crippen molar-refractivity contribution in [2.75, 3.05) is 25.6 Å². The summed E-state index contributed by atoms with van der Waals surface area (Å²) in [7, 11) is -10.9. The molecule has 8 atom stereocenters. The number of phosphoric ester groups is 2. The van der Waals surface area contributed by atoms with Gasteiger partial charge in [-0.15, -0.1) is 0 Å². The molecule has 1 aliphatic heterocycles. The van der Waals surface area contributed by atoms with Crippen LogP contribution in [0.1, 0.15) is 142 Å². The van der Waals surface area contributed by atoms with Crippen LogP contribution in [0.15, 0.2) is 102 Å². The van der Waals surface area contributed by atoms with Crippen molar-refractivity contribution < 1.29 is 71.4 Å². The predicted octanol–water partition coefficient (Wildman–Crippen LogP) is 8.86. The van der Waals surface area contributed by atoms with Gasteiger partial charge in [0.25, 0.3) is 0 Å². The average molecular weight is 1040 g/mol. The minimum Gasteiger partial charge on any atom is -0.462 e. The highest BCUT2D eigenvalue weighted by molar-refractivity contribution is 7.61. The van der Waals surface area contributed by atoms with Crippen molar-refractivity contribution in [2.24, 2.45) is 0 Å². The molecule has 19 nitrogen and oxygen atoms in total. The first-order valence-corrected chi connectivity index (χ1v) is 27.7. The fraction of sp³-hybridized carbons (Fsp3) is 0.600. The number of nitrogens with two attached hydrogens (primary N) is 1. The van der Waals surface area contributed by atoms with Crippen LogP contribution >= 0.6 is 15.6 Å². The van der Waals surface area contributed by atoms with Gasteiger partial charge in [0.15, 0.2) is 12.3 Å². The first kappa shape index (κ1) is 63.0. The number of nitrogen functional groups attached to an aromatic ring is 1. The number of allylic oxidation sites excluding steroid dienone is 13. The zero-order valence-electron chi connectivity index (χ0n) is 41.4. The number of phosphoric acid groups is 2. The molecule has 0 aliphatic carbocycles. The third kappa shape index (κ3) is 30.5. The molecule has 1 aliphatic rings. The van der Waals surface area contributed by atoms with Crippen LogP contribution in [0.3, 0.4) is 0 Å². The van der Waals surface area contributed by atoms with Crippen LogP contribution in [0.4, 0.5) is 5.82 Å². The maximum atomic E-state index is 12.8. The summed E-state index contributed by atoms with van der Waals surface area (Å²) in [4.78, 5) is 61.8. The zero-order valence-corrected chi connectivity index (χ0v) is 43.1. The molecule has 0 bridgehead atoms. The van der Waals surface area contributed by atoms with Gasteiger partial charge >= 0.3 is 33.3 Å². The molecule has 1 fully saturated rings. The summed E-state index contributed by atoms with van der Waals surface area (Å²) >= 11 is 0. The molecule has 71 heavy (non-hydrogen) atoms. The van der Waals surface area contributed by atoms with E-state index in [4.69, 9.17) is 29.0 Å². The first-order valence-electron chi connectivity index (χ1n) is 24.7. The number of rotatable bonds is 39. The maximum Gasteiger partial charge on any atom is 0.481 e. The van der Waals surface area contributed by atoms with Crippen LogP contribution in [0.2, 0.25) is 0 Å². The molecule has 0 aromatic carbocycles. The summed E-state index contributed by atoms with van der Waals surface area (Å²) in [5.41, 5.74) is 4.57. The van der Waals surface area contributed by atoms with E-state index >= 15 is 0 Å². The molecule has 1 saturated heterocycles. The molecule has 0 radical (unpaired) electrons. The quantitative estimate of drug-likeness (QED) is 0.0118. The monoisotopic (exact) mass is 1040 g/mol. The van der Waals surface area contributed by atoms with Crippen molar-refractivity contribution in [2.45, 2.75) is 173 Å². The number of carbonyl (C=O) groups is 2. The number of aromatic nitrogens is 2. The molecular weight excluding hydrogens is 961 g/mol. The molecule has 0 spiro atoms. The minimum absolute atomic E-state index is 0.0497. The first-order chi connectivity index (χ1) is 34.1. The lowest BCUT2D eigenvalue weighted by atomic mass is 10.1. The van der Waals surface area contributed by atoms with Crippen molar-refractivity contribution >= 4 is 33.4 Å². The molecule has 1 aromatic heterocycles. The summed E-state index contributed by atoms with van der Waals surface area (Å²) in [6.45, 7) is 1.71. The lowest BCUT2D eigenvalue weighted by molar-refractivity contribution is -0.161. The van der Waals surface area contributed by atoms with E-state index in [9.17, 15) is 48.6 Å². The maximum absolute atomic E-state index is 12.8. The van der Waals surface area contributed by atoms with E-state index in [1.807, 2.05) is 49.5 Å². The van der Waals surface area contributed by atoms with Gasteiger partial charge in [-0.1, -0.05) is 131 Å². The molecule has 2 rings (SSSR count). The number of hydrogen-bond donors (Lipinski definition) is 6. The fourth-order valence-corrected chi connectivity index (χ4v) is 8.73. The number of carbonyl (C=O) groups excluding carboxylic acids is 2. The Morgan fingerprint density at radius 2 is 1.31 bits per heavy atom. The summed E-state index contributed by atoms with van der Waals surface area (Å²) < 4.78 is 56.6. The Morgan fingerprint density at radius 3 is 1.94 bits per heavy atom. The van der Waals surface area contributed by atoms with E-state index in [2.05, 4.69) is 52.7 Å². The number of ether oxygens (including phenoxy) is 3. The highest BCUT2D eigenvalue weighted by atomic mass is 31.3. The van der Waals surface area contributed by atoms with E-state index in [-0.39, 0.29) is 18.7 Å². The molecule has 2 heterocycles. The van der Waals surface area contributed by atoms with Gasteiger partial charge in [0, 0.05) is 19.0 Å². The fourth-order valence-electron chi connectivity index (χ4n) is 6.62. The van der Waals surface area contributed by atoms with Crippen LogP contribution in [0.25, 0.3) is 0 Å². The number of aliphatic hydroxyl groups excluding tert-OH is 3. The number of aliphatic hydroxyl groups is 3. The smallest absolute Gasteiger partial charge is 0.462 e. The van der Waals surface area contributed by atoms with E-state index in [0.717, 1.165) is 68.6 Å². The molecule has 7 N–H and O–H groups in total. The Kier molecular flexibility index (Phi) is 33.4. The lowest BCUT2D eigenvalue weighted by Gasteiger charge is -2.21. The zero-order chi connectivity index (χ0) is 52.2. The number of esters is 2. The van der Waals surface area contributed by atoms with Crippen molar-refractivity contribution in [1.82, 2.24) is 9.55 Å². The SMILES string of the molecule is CCCCC/C=C\C/C=C\CCCCCCCC(=O)OC[C@H](COP(=O)(O)OP(=O)(O)OC[C@H]1O[C@@H](n2ccc(N)nc2=O)[C@H](O)[C@@H]1O)OC(=O)CCC/C=C\C/C=C\C/C=C\C/C=C\C=C\[C@H](O)CC. The molecule has 2 unspecified atom stereocenters. The third-order valence-electron chi connectivity index (χ3n) is 10.6. The van der Waals surface area contributed by atoms with Gasteiger partial charge < -0.3 is 45.1 Å². The van der Waals surface area contributed by atoms with E-state index in [0.29, 0.717) is 32.1 Å². The van der Waals surface area contributed by atoms with Crippen molar-refractivity contribution in [3.05, 3.63) is 108 Å². The van der Waals surface area contributed by atoms with E-state index < -0.39 is 89.8 Å². The highest BCUT2D eigenvalue weighted by Crippen LogP contribution is 2.60. The van der Waals surface area contributed by atoms with E-state index in [1.54, 1.807) is 6.08 Å². The van der Waals surface area contributed by atoms with Crippen molar-refractivity contribution in [1.29, 1.82) is 0 Å². The normalized spacial score (nSPS) is 20.3. The van der Waals surface area contributed by atoms with Gasteiger partial charge in [-0.3, -0.25) is 23.2 Å². The van der Waals surface area contributed by atoms with Gasteiger partial charge in [-0.05, 0) is 83.1 Å². The van der Waals surface area contributed by atoms with Crippen LogP contribution < -0.4 is 11.4 Å². The average Bonchev–Trinajstić information content (AvgIpc) is 3.61. The number of unbranched alkanes of at least 4 members (excludes halogenated alkanes) is 9. The Labute approximate surface area is 419 Å². The largest absolute Gasteiger partial charge is 0.481 e. The summed E-state index contributed by atoms with van der Waals surface area (Å²) in [6.07, 6.45) is 36.2. The number of hydrogen-bond acceptors (Lipinski definition) is 16. The van der Waals surface area contributed by atoms with Gasteiger partial charge in [-0.25, -0.2) is 13.9 Å². The van der Waals surface area contributed by atoms with Gasteiger partial charge in [0.05, 0.1) is 19.3 Å². The minimum atomic E-state index is -5.45. The Hall–Kier alpha value is -4.10. The topological polar surface area (TPSA) is 286 Å². The molecule has 1 aromatic rings. The second-order valence-electron chi connectivity index (χ2n) is 16.8. The highest BCUT2D eigenvalue weighted by Gasteiger charge is 2.46. The second-order valence-corrected chi connectivity index (χ2v) is 19.8. The van der Waals surface area contributed by atoms with Crippen molar-refractivity contribution in [3.63, 3.8) is 0 Å². The Morgan fingerprint density at radius 1 is 0.746 bits per heavy atom. The third-order valence-corrected chi connectivity index (χ3v) is 13.2. The van der Waals surface area contributed by atoms with Crippen LogP contribution in [-0.2, 0) is 46.3 Å². The summed E-state index contributed by atoms with van der Waals surface area (Å²) in [6, 6.07) is 1.24. The van der Waals surface area contributed by atoms with Crippen LogP contribution in [-0.4, -0.2) is 96.9 Å². The number of nitrogens with zero attached hydrogens (tertiary/aromatic N) is 2. The Balaban J connectivity index is 1.85. The predicted molar refractivity (Wildman–Crippen MR) is 271 cm³/mol. The van der Waals surface area contributed by atoms with Crippen LogP contribution in [0.5, 0.6) is 0 Å². The lowest BCUT2D eigenvalue weighted by Crippen LogP contribution is -2.36. The Bertz CT molecular complexity index is 2040. The summed E-state index contributed by atoms with van der Waals surface area (Å²) in [5, 5.41) is 30.4. The second kappa shape index (κ2) is 37.6. The molecular formula is C50H79N3O16P2. The van der Waals surface area contributed by atoms with Gasteiger partial charge in [-0.2, -0.15) is 9.29 Å². The van der Waals surface area contributed by atoms with Gasteiger partial charge in [0.1, 0.15) is 30.7 Å². The summed E-state index contributed by atoms with van der Waals surface area (Å²) in [5.74, 6) is -1.42.